The molecule has 116 valence electrons. The van der Waals surface area contributed by atoms with Crippen LogP contribution in [0, 0.1) is 10.8 Å². The molecule has 0 amide bonds. The lowest BCUT2D eigenvalue weighted by Crippen LogP contribution is -2.53. The number of hydrogen-bond donors (Lipinski definition) is 2. The van der Waals surface area contributed by atoms with Gasteiger partial charge in [-0.1, -0.05) is 38.5 Å². The normalized spacial score (nSPS) is 34.3. The zero-order chi connectivity index (χ0) is 15.1. The van der Waals surface area contributed by atoms with Gasteiger partial charge in [0.25, 0.3) is 0 Å². The Bertz CT molecular complexity index is 514. The maximum atomic E-state index is 10.9. The minimum absolute atomic E-state index is 0.0450. The zero-order valence-electron chi connectivity index (χ0n) is 13.1. The van der Waals surface area contributed by atoms with Crippen LogP contribution in [0.1, 0.15) is 51.0 Å². The molecule has 0 radical (unpaired) electrons. The maximum absolute atomic E-state index is 10.9. The number of nitrogens with two attached hydrogens (primary N) is 1. The fraction of sp³-hybridized carbons (Fsp3) is 0.667. The first kappa shape index (κ1) is 14.9. The molecule has 0 aromatic heterocycles. The number of hydrogen-bond acceptors (Lipinski definition) is 3. The summed E-state index contributed by atoms with van der Waals surface area (Å²) in [5.41, 5.74) is 7.21. The van der Waals surface area contributed by atoms with Gasteiger partial charge >= 0.3 is 0 Å². The van der Waals surface area contributed by atoms with Gasteiger partial charge in [0.2, 0.25) is 0 Å². The molecule has 2 aliphatic rings. The quantitative estimate of drug-likeness (QED) is 0.899. The Labute approximate surface area is 127 Å². The van der Waals surface area contributed by atoms with Crippen molar-refractivity contribution in [2.45, 2.75) is 51.6 Å². The van der Waals surface area contributed by atoms with Gasteiger partial charge in [0.05, 0.1) is 12.7 Å². The molecule has 21 heavy (non-hydrogen) atoms. The molecule has 1 aromatic rings. The summed E-state index contributed by atoms with van der Waals surface area (Å²) in [7, 11) is 0. The molecule has 3 heteroatoms. The highest BCUT2D eigenvalue weighted by Gasteiger charge is 2.49. The number of benzene rings is 1. The van der Waals surface area contributed by atoms with Crippen molar-refractivity contribution in [1.29, 1.82) is 0 Å². The van der Waals surface area contributed by atoms with E-state index in [0.717, 1.165) is 31.4 Å². The number of para-hydroxylation sites is 1. The Morgan fingerprint density at radius 1 is 1.29 bits per heavy atom. The lowest BCUT2D eigenvalue weighted by atomic mass is 9.58. The highest BCUT2D eigenvalue weighted by molar-refractivity contribution is 5.39. The van der Waals surface area contributed by atoms with Crippen LogP contribution in [-0.4, -0.2) is 24.4 Å². The predicted octanol–water partition coefficient (Wildman–Crippen LogP) is 3.07. The molecule has 3 rings (SSSR count). The molecule has 1 aliphatic carbocycles. The third kappa shape index (κ3) is 2.47. The zero-order valence-corrected chi connectivity index (χ0v) is 13.1. The van der Waals surface area contributed by atoms with E-state index in [4.69, 9.17) is 10.5 Å². The summed E-state index contributed by atoms with van der Waals surface area (Å²) in [5.74, 6) is 1.35. The molecule has 1 aromatic carbocycles. The molecular formula is C18H27NO2. The first-order chi connectivity index (χ1) is 9.98. The maximum Gasteiger partial charge on any atom is 0.122 e. The van der Waals surface area contributed by atoms with Crippen LogP contribution in [0.5, 0.6) is 5.75 Å². The minimum Gasteiger partial charge on any atom is -0.493 e. The molecule has 1 fully saturated rings. The Morgan fingerprint density at radius 3 is 2.81 bits per heavy atom. The van der Waals surface area contributed by atoms with Crippen LogP contribution in [0.25, 0.3) is 0 Å². The topological polar surface area (TPSA) is 55.5 Å². The number of fused-ring (bicyclic) bond motifs is 1. The number of ether oxygens (including phenoxy) is 1. The van der Waals surface area contributed by atoms with E-state index in [1.807, 2.05) is 12.1 Å². The summed E-state index contributed by atoms with van der Waals surface area (Å²) in [4.78, 5) is 0. The van der Waals surface area contributed by atoms with Gasteiger partial charge in [0.1, 0.15) is 5.75 Å². The molecule has 3 atom stereocenters. The summed E-state index contributed by atoms with van der Waals surface area (Å²) in [6.07, 6.45) is 3.83. The van der Waals surface area contributed by atoms with Gasteiger partial charge in [-0.15, -0.1) is 0 Å². The van der Waals surface area contributed by atoms with Gasteiger partial charge in [-0.2, -0.15) is 0 Å². The van der Waals surface area contributed by atoms with E-state index in [0.29, 0.717) is 19.1 Å². The van der Waals surface area contributed by atoms with Crippen molar-refractivity contribution >= 4 is 0 Å². The van der Waals surface area contributed by atoms with Crippen LogP contribution in [0.4, 0.5) is 0 Å². The first-order valence-electron chi connectivity index (χ1n) is 8.08. The molecular weight excluding hydrogens is 262 g/mol. The van der Waals surface area contributed by atoms with Gasteiger partial charge in [-0.05, 0) is 30.7 Å². The van der Waals surface area contributed by atoms with Gasteiger partial charge in [0.15, 0.2) is 0 Å². The number of rotatable bonds is 3. The van der Waals surface area contributed by atoms with Crippen LogP contribution >= 0.6 is 0 Å². The van der Waals surface area contributed by atoms with E-state index >= 15 is 0 Å². The molecule has 3 N–H and O–H groups in total. The van der Waals surface area contributed by atoms with Crippen LogP contribution in [0.3, 0.4) is 0 Å². The van der Waals surface area contributed by atoms with Crippen LogP contribution in [-0.2, 0) is 0 Å². The molecule has 3 unspecified atom stereocenters. The average Bonchev–Trinajstić information content (AvgIpc) is 2.87. The van der Waals surface area contributed by atoms with E-state index < -0.39 is 0 Å². The summed E-state index contributed by atoms with van der Waals surface area (Å²) < 4.78 is 5.81. The smallest absolute Gasteiger partial charge is 0.122 e. The van der Waals surface area contributed by atoms with E-state index in [1.54, 1.807) is 0 Å². The third-order valence-corrected chi connectivity index (χ3v) is 5.67. The van der Waals surface area contributed by atoms with Crippen molar-refractivity contribution < 1.29 is 9.84 Å². The van der Waals surface area contributed by atoms with E-state index in [1.165, 1.54) is 5.56 Å². The van der Waals surface area contributed by atoms with Gasteiger partial charge < -0.3 is 15.6 Å². The Kier molecular flexibility index (Phi) is 3.74. The lowest BCUT2D eigenvalue weighted by molar-refractivity contribution is -0.0956. The number of aliphatic hydroxyl groups excluding tert-OH is 1. The fourth-order valence-corrected chi connectivity index (χ4v) is 4.40. The molecule has 0 saturated heterocycles. The molecule has 1 heterocycles. The Morgan fingerprint density at radius 2 is 2.05 bits per heavy atom. The summed E-state index contributed by atoms with van der Waals surface area (Å²) in [5, 5.41) is 10.9. The highest BCUT2D eigenvalue weighted by Crippen LogP contribution is 2.51. The SMILES string of the molecule is CC1(C)CCCC(CN)(CC2COc3ccccc32)C1O. The first-order valence-corrected chi connectivity index (χ1v) is 8.08. The van der Waals surface area contributed by atoms with Crippen molar-refractivity contribution in [3.8, 4) is 5.75 Å². The van der Waals surface area contributed by atoms with E-state index in [2.05, 4.69) is 26.0 Å². The van der Waals surface area contributed by atoms with Crippen LogP contribution in [0.15, 0.2) is 24.3 Å². The minimum atomic E-state index is -0.337. The second-order valence-corrected chi connectivity index (χ2v) is 7.56. The summed E-state index contributed by atoms with van der Waals surface area (Å²) in [6.45, 7) is 5.60. The molecule has 1 saturated carbocycles. The third-order valence-electron chi connectivity index (χ3n) is 5.67. The Hall–Kier alpha value is -1.06. The molecule has 0 bridgehead atoms. The number of aliphatic hydroxyl groups is 1. The Balaban J connectivity index is 1.85. The van der Waals surface area contributed by atoms with E-state index in [9.17, 15) is 5.11 Å². The second kappa shape index (κ2) is 5.29. The van der Waals surface area contributed by atoms with E-state index in [-0.39, 0.29) is 16.9 Å². The van der Waals surface area contributed by atoms with Crippen molar-refractivity contribution in [3.05, 3.63) is 29.8 Å². The summed E-state index contributed by atoms with van der Waals surface area (Å²) >= 11 is 0. The molecule has 1 aliphatic heterocycles. The van der Waals surface area contributed by atoms with Crippen molar-refractivity contribution in [3.63, 3.8) is 0 Å². The van der Waals surface area contributed by atoms with Crippen molar-refractivity contribution in [2.24, 2.45) is 16.6 Å². The predicted molar refractivity (Wildman–Crippen MR) is 84.4 cm³/mol. The van der Waals surface area contributed by atoms with Crippen LogP contribution < -0.4 is 10.5 Å². The summed E-state index contributed by atoms with van der Waals surface area (Å²) in [6, 6.07) is 8.26. The highest BCUT2D eigenvalue weighted by atomic mass is 16.5. The van der Waals surface area contributed by atoms with Crippen LogP contribution in [0.2, 0.25) is 0 Å². The monoisotopic (exact) mass is 289 g/mol. The lowest BCUT2D eigenvalue weighted by Gasteiger charge is -2.50. The molecule has 0 spiro atoms. The average molecular weight is 289 g/mol. The second-order valence-electron chi connectivity index (χ2n) is 7.56. The van der Waals surface area contributed by atoms with Gasteiger partial charge in [-0.3, -0.25) is 0 Å². The molecule has 3 nitrogen and oxygen atoms in total. The largest absolute Gasteiger partial charge is 0.493 e. The van der Waals surface area contributed by atoms with Crippen molar-refractivity contribution in [1.82, 2.24) is 0 Å². The van der Waals surface area contributed by atoms with Gasteiger partial charge in [-0.25, -0.2) is 0 Å². The standard InChI is InChI=1S/C18H27NO2/c1-17(2)8-5-9-18(12-19,16(17)20)10-13-11-21-15-7-4-3-6-14(13)15/h3-4,6-7,13,16,20H,5,8-12,19H2,1-2H3. The fourth-order valence-electron chi connectivity index (χ4n) is 4.40. The van der Waals surface area contributed by atoms with Crippen molar-refractivity contribution in [2.75, 3.05) is 13.2 Å². The van der Waals surface area contributed by atoms with Gasteiger partial charge in [0, 0.05) is 23.4 Å².